The molecule has 2 nitrogen and oxygen atoms in total. The fourth-order valence-electron chi connectivity index (χ4n) is 3.91. The molecule has 1 aliphatic heterocycles. The highest BCUT2D eigenvalue weighted by atomic mass is 15.1. The maximum atomic E-state index is 3.90. The van der Waals surface area contributed by atoms with Crippen molar-refractivity contribution in [1.82, 2.24) is 10.2 Å². The number of nitrogens with zero attached hydrogens (tertiary/aromatic N) is 1. The second kappa shape index (κ2) is 8.26. The van der Waals surface area contributed by atoms with E-state index >= 15 is 0 Å². The summed E-state index contributed by atoms with van der Waals surface area (Å²) in [5.41, 5.74) is 0. The van der Waals surface area contributed by atoms with Gasteiger partial charge in [-0.05, 0) is 70.1 Å². The van der Waals surface area contributed by atoms with Gasteiger partial charge in [0.2, 0.25) is 0 Å². The van der Waals surface area contributed by atoms with Crippen LogP contribution in [0.25, 0.3) is 0 Å². The van der Waals surface area contributed by atoms with Crippen LogP contribution < -0.4 is 5.32 Å². The Kier molecular flexibility index (Phi) is 6.66. The van der Waals surface area contributed by atoms with Gasteiger partial charge in [0.25, 0.3) is 0 Å². The van der Waals surface area contributed by atoms with Crippen LogP contribution in [0.15, 0.2) is 0 Å². The summed E-state index contributed by atoms with van der Waals surface area (Å²) in [6.45, 7) is 9.97. The Morgan fingerprint density at radius 1 is 1.00 bits per heavy atom. The first kappa shape index (κ1) is 15.3. The van der Waals surface area contributed by atoms with Gasteiger partial charge in [-0.25, -0.2) is 0 Å². The van der Waals surface area contributed by atoms with E-state index in [4.69, 9.17) is 0 Å². The summed E-state index contributed by atoms with van der Waals surface area (Å²) < 4.78 is 0. The van der Waals surface area contributed by atoms with Gasteiger partial charge in [-0.2, -0.15) is 0 Å². The molecule has 2 aliphatic rings. The van der Waals surface area contributed by atoms with Crippen LogP contribution in [-0.4, -0.2) is 37.1 Å². The van der Waals surface area contributed by atoms with Gasteiger partial charge in [-0.15, -0.1) is 0 Å². The van der Waals surface area contributed by atoms with Crippen LogP contribution in [0.3, 0.4) is 0 Å². The minimum Gasteiger partial charge on any atom is -0.314 e. The molecule has 1 heterocycles. The Labute approximate surface area is 120 Å². The number of hydrogen-bond donors (Lipinski definition) is 1. The lowest BCUT2D eigenvalue weighted by atomic mass is 9.80. The summed E-state index contributed by atoms with van der Waals surface area (Å²) in [6, 6.07) is 0.788. The summed E-state index contributed by atoms with van der Waals surface area (Å²) in [6.07, 6.45) is 11.3. The van der Waals surface area contributed by atoms with E-state index < -0.39 is 0 Å². The van der Waals surface area contributed by atoms with Crippen LogP contribution >= 0.6 is 0 Å². The molecule has 3 atom stereocenters. The maximum absolute atomic E-state index is 3.90. The molecule has 3 unspecified atom stereocenters. The average molecular weight is 266 g/mol. The Morgan fingerprint density at radius 3 is 2.63 bits per heavy atom. The molecule has 0 aromatic carbocycles. The van der Waals surface area contributed by atoms with Crippen molar-refractivity contribution in [3.05, 3.63) is 0 Å². The minimum absolute atomic E-state index is 0.788. The maximum Gasteiger partial charge on any atom is 0.00798 e. The molecule has 2 fully saturated rings. The Bertz CT molecular complexity index is 241. The van der Waals surface area contributed by atoms with E-state index in [2.05, 4.69) is 24.1 Å². The fraction of sp³-hybridized carbons (Fsp3) is 1.00. The lowest BCUT2D eigenvalue weighted by molar-refractivity contribution is 0.236. The normalized spacial score (nSPS) is 34.1. The van der Waals surface area contributed by atoms with E-state index in [0.29, 0.717) is 0 Å². The van der Waals surface area contributed by atoms with Gasteiger partial charge in [-0.3, -0.25) is 0 Å². The van der Waals surface area contributed by atoms with Crippen LogP contribution in [0.2, 0.25) is 0 Å². The first-order chi connectivity index (χ1) is 9.29. The molecule has 0 aromatic rings. The van der Waals surface area contributed by atoms with Crippen molar-refractivity contribution >= 4 is 0 Å². The summed E-state index contributed by atoms with van der Waals surface area (Å²) in [5, 5.41) is 3.90. The van der Waals surface area contributed by atoms with Crippen LogP contribution in [0.1, 0.15) is 65.2 Å². The zero-order valence-corrected chi connectivity index (χ0v) is 13.2. The third-order valence-electron chi connectivity index (χ3n) is 5.32. The van der Waals surface area contributed by atoms with Crippen molar-refractivity contribution in [3.8, 4) is 0 Å². The highest BCUT2D eigenvalue weighted by molar-refractivity contribution is 4.79. The summed E-state index contributed by atoms with van der Waals surface area (Å²) in [7, 11) is 0. The zero-order valence-electron chi connectivity index (χ0n) is 13.2. The molecule has 2 rings (SSSR count). The third kappa shape index (κ3) is 5.07. The van der Waals surface area contributed by atoms with E-state index in [1.807, 2.05) is 0 Å². The van der Waals surface area contributed by atoms with E-state index in [9.17, 15) is 0 Å². The lowest BCUT2D eigenvalue weighted by Gasteiger charge is -2.30. The van der Waals surface area contributed by atoms with Crippen molar-refractivity contribution < 1.29 is 0 Å². The van der Waals surface area contributed by atoms with Gasteiger partial charge in [-0.1, -0.05) is 33.1 Å². The molecule has 112 valence electrons. The number of hydrogen-bond acceptors (Lipinski definition) is 2. The number of nitrogens with one attached hydrogen (secondary N) is 1. The van der Waals surface area contributed by atoms with Crippen molar-refractivity contribution in [2.75, 3.05) is 26.2 Å². The van der Waals surface area contributed by atoms with Gasteiger partial charge < -0.3 is 10.2 Å². The van der Waals surface area contributed by atoms with Crippen molar-refractivity contribution in [1.29, 1.82) is 0 Å². The molecule has 1 N–H and O–H groups in total. The number of likely N-dealkylation sites (tertiary alicyclic amines) is 1. The van der Waals surface area contributed by atoms with Crippen molar-refractivity contribution in [2.24, 2.45) is 11.8 Å². The van der Waals surface area contributed by atoms with Crippen molar-refractivity contribution in [3.63, 3.8) is 0 Å². The molecule has 0 radical (unpaired) electrons. The molecular weight excluding hydrogens is 232 g/mol. The predicted octanol–water partition coefficient (Wildman–Crippen LogP) is 3.67. The van der Waals surface area contributed by atoms with Gasteiger partial charge in [0.1, 0.15) is 0 Å². The topological polar surface area (TPSA) is 15.3 Å². The molecule has 1 saturated heterocycles. The molecule has 0 aromatic heterocycles. The molecule has 2 heteroatoms. The van der Waals surface area contributed by atoms with Crippen LogP contribution in [0, 0.1) is 11.8 Å². The van der Waals surface area contributed by atoms with Gasteiger partial charge in [0.05, 0.1) is 0 Å². The summed E-state index contributed by atoms with van der Waals surface area (Å²) >= 11 is 0. The first-order valence-corrected chi connectivity index (χ1v) is 8.75. The minimum atomic E-state index is 0.788. The average Bonchev–Trinajstić information content (AvgIpc) is 2.64. The SMILES string of the molecule is CCCN1CCCC(NCC2CCCCC2C)CC1. The highest BCUT2D eigenvalue weighted by Gasteiger charge is 2.23. The van der Waals surface area contributed by atoms with Gasteiger partial charge >= 0.3 is 0 Å². The van der Waals surface area contributed by atoms with E-state index in [1.165, 1.54) is 77.5 Å². The van der Waals surface area contributed by atoms with Gasteiger partial charge in [0, 0.05) is 6.04 Å². The standard InChI is InChI=1S/C17H34N2/c1-3-11-19-12-6-9-17(10-13-19)18-14-16-8-5-4-7-15(16)2/h15-18H,3-14H2,1-2H3. The second-order valence-electron chi connectivity index (χ2n) is 6.90. The lowest BCUT2D eigenvalue weighted by Crippen LogP contribution is -2.37. The number of rotatable bonds is 5. The van der Waals surface area contributed by atoms with Crippen LogP contribution in [0.4, 0.5) is 0 Å². The highest BCUT2D eigenvalue weighted by Crippen LogP contribution is 2.29. The van der Waals surface area contributed by atoms with Crippen LogP contribution in [0.5, 0.6) is 0 Å². The van der Waals surface area contributed by atoms with E-state index in [0.717, 1.165) is 17.9 Å². The largest absolute Gasteiger partial charge is 0.314 e. The predicted molar refractivity (Wildman–Crippen MR) is 83.5 cm³/mol. The smallest absolute Gasteiger partial charge is 0.00798 e. The van der Waals surface area contributed by atoms with Crippen LogP contribution in [-0.2, 0) is 0 Å². The van der Waals surface area contributed by atoms with Gasteiger partial charge in [0.15, 0.2) is 0 Å². The summed E-state index contributed by atoms with van der Waals surface area (Å²) in [4.78, 5) is 2.66. The second-order valence-corrected chi connectivity index (χ2v) is 6.90. The zero-order chi connectivity index (χ0) is 13.5. The molecule has 0 amide bonds. The third-order valence-corrected chi connectivity index (χ3v) is 5.32. The molecule has 0 bridgehead atoms. The molecular formula is C17H34N2. The molecule has 1 aliphatic carbocycles. The van der Waals surface area contributed by atoms with Crippen molar-refractivity contribution in [2.45, 2.75) is 71.3 Å². The summed E-state index contributed by atoms with van der Waals surface area (Å²) in [5.74, 6) is 1.90. The first-order valence-electron chi connectivity index (χ1n) is 8.75. The fourth-order valence-corrected chi connectivity index (χ4v) is 3.91. The van der Waals surface area contributed by atoms with E-state index in [1.54, 1.807) is 0 Å². The Balaban J connectivity index is 1.68. The molecule has 0 spiro atoms. The quantitative estimate of drug-likeness (QED) is 0.817. The Morgan fingerprint density at radius 2 is 1.84 bits per heavy atom. The molecule has 1 saturated carbocycles. The Hall–Kier alpha value is -0.0800. The molecule has 19 heavy (non-hydrogen) atoms. The monoisotopic (exact) mass is 266 g/mol. The van der Waals surface area contributed by atoms with E-state index in [-0.39, 0.29) is 0 Å².